The van der Waals surface area contributed by atoms with Crippen molar-refractivity contribution in [1.29, 1.82) is 0 Å². The fourth-order valence-corrected chi connectivity index (χ4v) is 2.88. The monoisotopic (exact) mass is 313 g/mol. The van der Waals surface area contributed by atoms with Crippen molar-refractivity contribution in [1.82, 2.24) is 10.3 Å². The van der Waals surface area contributed by atoms with E-state index >= 15 is 0 Å². The Labute approximate surface area is 135 Å². The Balaban J connectivity index is 1.67. The van der Waals surface area contributed by atoms with Crippen LogP contribution in [0.2, 0.25) is 0 Å². The van der Waals surface area contributed by atoms with Gasteiger partial charge < -0.3 is 10.6 Å². The number of rotatable bonds is 4. The number of amides is 1. The van der Waals surface area contributed by atoms with Crippen LogP contribution in [0.1, 0.15) is 42.5 Å². The van der Waals surface area contributed by atoms with Crippen molar-refractivity contribution in [2.24, 2.45) is 0 Å². The molecule has 3 rings (SSSR count). The first-order chi connectivity index (χ1) is 11.2. The summed E-state index contributed by atoms with van der Waals surface area (Å²) in [6.07, 6.45) is 8.84. The second-order valence-corrected chi connectivity index (χ2v) is 5.91. The first kappa shape index (κ1) is 15.5. The van der Waals surface area contributed by atoms with Gasteiger partial charge in [0.25, 0.3) is 5.91 Å². The van der Waals surface area contributed by atoms with Gasteiger partial charge in [-0.15, -0.1) is 0 Å². The zero-order valence-corrected chi connectivity index (χ0v) is 12.9. The van der Waals surface area contributed by atoms with E-state index in [1.54, 1.807) is 30.6 Å². The Bertz CT molecular complexity index is 683. The van der Waals surface area contributed by atoms with Crippen LogP contribution in [-0.2, 0) is 0 Å². The predicted octanol–water partition coefficient (Wildman–Crippen LogP) is 4.03. The van der Waals surface area contributed by atoms with Gasteiger partial charge in [-0.05, 0) is 37.1 Å². The van der Waals surface area contributed by atoms with E-state index in [9.17, 15) is 9.18 Å². The summed E-state index contributed by atoms with van der Waals surface area (Å²) < 4.78 is 13.2. The van der Waals surface area contributed by atoms with Crippen LogP contribution >= 0.6 is 0 Å². The van der Waals surface area contributed by atoms with E-state index in [4.69, 9.17) is 0 Å². The van der Waals surface area contributed by atoms with Crippen molar-refractivity contribution >= 4 is 17.3 Å². The van der Waals surface area contributed by atoms with Crippen molar-refractivity contribution in [3.05, 3.63) is 54.1 Å². The van der Waals surface area contributed by atoms with Gasteiger partial charge in [0.05, 0.1) is 17.4 Å². The number of carbonyl (C=O) groups excluding carboxylic acids is 1. The van der Waals surface area contributed by atoms with Gasteiger partial charge in [-0.1, -0.05) is 25.3 Å². The average molecular weight is 313 g/mol. The average Bonchev–Trinajstić information content (AvgIpc) is 2.56. The summed E-state index contributed by atoms with van der Waals surface area (Å²) in [5.41, 5.74) is 1.79. The molecule has 2 N–H and O–H groups in total. The Morgan fingerprint density at radius 1 is 1.09 bits per heavy atom. The fourth-order valence-electron chi connectivity index (χ4n) is 2.88. The highest BCUT2D eigenvalue weighted by molar-refractivity contribution is 5.95. The molecule has 0 aliphatic heterocycles. The Morgan fingerprint density at radius 3 is 2.70 bits per heavy atom. The van der Waals surface area contributed by atoms with Crippen LogP contribution < -0.4 is 10.6 Å². The molecular formula is C18H20FN3O. The standard InChI is InChI=1S/C18H20FN3O/c19-14-5-4-8-16(10-14)21-17-9-13(11-20-12-17)18(23)22-15-6-2-1-3-7-15/h4-5,8-12,15,21H,1-3,6-7H2,(H,22,23). The number of benzene rings is 1. The molecule has 23 heavy (non-hydrogen) atoms. The minimum absolute atomic E-state index is 0.104. The van der Waals surface area contributed by atoms with E-state index < -0.39 is 0 Å². The van der Waals surface area contributed by atoms with Crippen LogP contribution in [0.3, 0.4) is 0 Å². The Kier molecular flexibility index (Phi) is 4.86. The summed E-state index contributed by atoms with van der Waals surface area (Å²) in [7, 11) is 0. The van der Waals surface area contributed by atoms with Crippen molar-refractivity contribution < 1.29 is 9.18 Å². The molecule has 0 radical (unpaired) electrons. The smallest absolute Gasteiger partial charge is 0.253 e. The predicted molar refractivity (Wildman–Crippen MR) is 88.3 cm³/mol. The molecule has 4 nitrogen and oxygen atoms in total. The lowest BCUT2D eigenvalue weighted by molar-refractivity contribution is 0.0927. The van der Waals surface area contributed by atoms with Crippen molar-refractivity contribution in [2.45, 2.75) is 38.1 Å². The van der Waals surface area contributed by atoms with Crippen LogP contribution in [0.4, 0.5) is 15.8 Å². The highest BCUT2D eigenvalue weighted by Gasteiger charge is 2.17. The van der Waals surface area contributed by atoms with Crippen LogP contribution in [0.5, 0.6) is 0 Å². The molecule has 0 saturated heterocycles. The van der Waals surface area contributed by atoms with Crippen LogP contribution in [0.15, 0.2) is 42.7 Å². The number of hydrogen-bond acceptors (Lipinski definition) is 3. The molecule has 0 unspecified atom stereocenters. The summed E-state index contributed by atoms with van der Waals surface area (Å²) >= 11 is 0. The van der Waals surface area contributed by atoms with Crippen molar-refractivity contribution in [3.63, 3.8) is 0 Å². The zero-order valence-electron chi connectivity index (χ0n) is 12.9. The molecule has 0 atom stereocenters. The molecular weight excluding hydrogens is 293 g/mol. The molecule has 1 fully saturated rings. The maximum Gasteiger partial charge on any atom is 0.253 e. The third kappa shape index (κ3) is 4.28. The molecule has 0 spiro atoms. The van der Waals surface area contributed by atoms with Crippen LogP contribution in [0.25, 0.3) is 0 Å². The van der Waals surface area contributed by atoms with Crippen molar-refractivity contribution in [3.8, 4) is 0 Å². The van der Waals surface area contributed by atoms with Crippen LogP contribution in [-0.4, -0.2) is 16.9 Å². The first-order valence-electron chi connectivity index (χ1n) is 7.99. The van der Waals surface area contributed by atoms with Gasteiger partial charge in [-0.3, -0.25) is 9.78 Å². The molecule has 0 bridgehead atoms. The molecule has 1 aliphatic rings. The minimum atomic E-state index is -0.311. The summed E-state index contributed by atoms with van der Waals surface area (Å²) in [5.74, 6) is -0.415. The molecule has 1 amide bonds. The number of aromatic nitrogens is 1. The van der Waals surface area contributed by atoms with E-state index in [2.05, 4.69) is 15.6 Å². The number of anilines is 2. The largest absolute Gasteiger partial charge is 0.354 e. The van der Waals surface area contributed by atoms with Gasteiger partial charge in [0.1, 0.15) is 5.82 Å². The van der Waals surface area contributed by atoms with Gasteiger partial charge in [0.15, 0.2) is 0 Å². The Morgan fingerprint density at radius 2 is 1.91 bits per heavy atom. The van der Waals surface area contributed by atoms with E-state index in [0.717, 1.165) is 12.8 Å². The summed E-state index contributed by atoms with van der Waals surface area (Å²) in [5, 5.41) is 6.13. The number of pyridine rings is 1. The molecule has 1 aliphatic carbocycles. The zero-order chi connectivity index (χ0) is 16.1. The van der Waals surface area contributed by atoms with Gasteiger partial charge in [0, 0.05) is 17.9 Å². The molecule has 1 heterocycles. The van der Waals surface area contributed by atoms with Gasteiger partial charge >= 0.3 is 0 Å². The number of carbonyl (C=O) groups is 1. The number of nitrogens with zero attached hydrogens (tertiary/aromatic N) is 1. The highest BCUT2D eigenvalue weighted by atomic mass is 19.1. The first-order valence-corrected chi connectivity index (χ1v) is 7.99. The van der Waals surface area contributed by atoms with E-state index in [-0.39, 0.29) is 17.8 Å². The van der Waals surface area contributed by atoms with E-state index in [1.165, 1.54) is 31.4 Å². The second-order valence-electron chi connectivity index (χ2n) is 5.91. The Hall–Kier alpha value is -2.43. The minimum Gasteiger partial charge on any atom is -0.354 e. The second kappa shape index (κ2) is 7.22. The van der Waals surface area contributed by atoms with E-state index in [1.807, 2.05) is 0 Å². The third-order valence-corrected chi connectivity index (χ3v) is 4.05. The molecule has 1 aromatic carbocycles. The lowest BCUT2D eigenvalue weighted by atomic mass is 9.95. The molecule has 5 heteroatoms. The van der Waals surface area contributed by atoms with Crippen molar-refractivity contribution in [2.75, 3.05) is 5.32 Å². The SMILES string of the molecule is O=C(NC1CCCCC1)c1cncc(Nc2cccc(F)c2)c1. The highest BCUT2D eigenvalue weighted by Crippen LogP contribution is 2.19. The fraction of sp³-hybridized carbons (Fsp3) is 0.333. The summed E-state index contributed by atoms with van der Waals surface area (Å²) in [6, 6.07) is 8.17. The lowest BCUT2D eigenvalue weighted by Crippen LogP contribution is -2.36. The molecule has 2 aromatic rings. The topological polar surface area (TPSA) is 54.0 Å². The molecule has 1 saturated carbocycles. The van der Waals surface area contributed by atoms with Gasteiger partial charge in [-0.2, -0.15) is 0 Å². The van der Waals surface area contributed by atoms with Gasteiger partial charge in [-0.25, -0.2) is 4.39 Å². The van der Waals surface area contributed by atoms with Gasteiger partial charge in [0.2, 0.25) is 0 Å². The number of hydrogen-bond donors (Lipinski definition) is 2. The number of nitrogens with one attached hydrogen (secondary N) is 2. The summed E-state index contributed by atoms with van der Waals surface area (Å²) in [4.78, 5) is 16.4. The van der Waals surface area contributed by atoms with E-state index in [0.29, 0.717) is 16.9 Å². The summed E-state index contributed by atoms with van der Waals surface area (Å²) in [6.45, 7) is 0. The maximum atomic E-state index is 13.2. The number of halogens is 1. The maximum absolute atomic E-state index is 13.2. The third-order valence-electron chi connectivity index (χ3n) is 4.05. The van der Waals surface area contributed by atoms with Crippen LogP contribution in [0, 0.1) is 5.82 Å². The quantitative estimate of drug-likeness (QED) is 0.896. The molecule has 120 valence electrons. The normalized spacial score (nSPS) is 15.2. The lowest BCUT2D eigenvalue weighted by Gasteiger charge is -2.22. The molecule has 1 aromatic heterocycles.